The summed E-state index contributed by atoms with van der Waals surface area (Å²) >= 11 is 0. The van der Waals surface area contributed by atoms with Crippen LogP contribution >= 0.6 is 0 Å². The van der Waals surface area contributed by atoms with E-state index < -0.39 is 0 Å². The highest BCUT2D eigenvalue weighted by molar-refractivity contribution is 5.89. The van der Waals surface area contributed by atoms with Crippen LogP contribution < -0.4 is 15.4 Å². The lowest BCUT2D eigenvalue weighted by Gasteiger charge is -2.10. The van der Waals surface area contributed by atoms with E-state index >= 15 is 0 Å². The Morgan fingerprint density at radius 1 is 1.00 bits per heavy atom. The molecule has 2 aromatic rings. The molecular weight excluding hydrogens is 344 g/mol. The molecule has 0 aliphatic carbocycles. The fraction of sp³-hybridized carbons (Fsp3) is 0.333. The average molecular weight is 370 g/mol. The van der Waals surface area contributed by atoms with Crippen LogP contribution in [0.5, 0.6) is 5.75 Å². The van der Waals surface area contributed by atoms with Crippen LogP contribution in [0.1, 0.15) is 34.8 Å². The zero-order valence-corrected chi connectivity index (χ0v) is 15.8. The molecule has 2 amide bonds. The SMILES string of the molecule is CCOC(=O)c1ccc(CNC(=O)NCCCOc2ccccc2C)cc1. The van der Waals surface area contributed by atoms with Crippen molar-refractivity contribution in [3.8, 4) is 5.75 Å². The zero-order chi connectivity index (χ0) is 19.5. The summed E-state index contributed by atoms with van der Waals surface area (Å²) in [5.74, 6) is 0.524. The maximum absolute atomic E-state index is 11.8. The zero-order valence-electron chi connectivity index (χ0n) is 15.8. The van der Waals surface area contributed by atoms with Gasteiger partial charge in [0.1, 0.15) is 5.75 Å². The average Bonchev–Trinajstić information content (AvgIpc) is 2.68. The highest BCUT2D eigenvalue weighted by Crippen LogP contribution is 2.15. The van der Waals surface area contributed by atoms with Crippen LogP contribution in [0, 0.1) is 6.92 Å². The van der Waals surface area contributed by atoms with E-state index in [1.165, 1.54) is 0 Å². The van der Waals surface area contributed by atoms with Gasteiger partial charge in [0.15, 0.2) is 0 Å². The van der Waals surface area contributed by atoms with E-state index in [4.69, 9.17) is 9.47 Å². The third-order valence-corrected chi connectivity index (χ3v) is 3.88. The van der Waals surface area contributed by atoms with Crippen molar-refractivity contribution in [3.63, 3.8) is 0 Å². The van der Waals surface area contributed by atoms with Gasteiger partial charge in [0.25, 0.3) is 0 Å². The minimum atomic E-state index is -0.345. The van der Waals surface area contributed by atoms with E-state index in [1.807, 2.05) is 31.2 Å². The third-order valence-electron chi connectivity index (χ3n) is 3.88. The van der Waals surface area contributed by atoms with Gasteiger partial charge in [-0.15, -0.1) is 0 Å². The second-order valence-corrected chi connectivity index (χ2v) is 5.99. The van der Waals surface area contributed by atoms with E-state index in [-0.39, 0.29) is 12.0 Å². The Balaban J connectivity index is 1.62. The van der Waals surface area contributed by atoms with Crippen molar-refractivity contribution in [3.05, 3.63) is 65.2 Å². The Labute approximate surface area is 159 Å². The van der Waals surface area contributed by atoms with Crippen LogP contribution in [-0.4, -0.2) is 31.8 Å². The highest BCUT2D eigenvalue weighted by atomic mass is 16.5. The monoisotopic (exact) mass is 370 g/mol. The quantitative estimate of drug-likeness (QED) is 0.524. The number of hydrogen-bond donors (Lipinski definition) is 2. The van der Waals surface area contributed by atoms with E-state index in [2.05, 4.69) is 10.6 Å². The van der Waals surface area contributed by atoms with E-state index in [1.54, 1.807) is 31.2 Å². The molecule has 0 aliphatic rings. The molecule has 2 rings (SSSR count). The molecule has 0 unspecified atom stereocenters. The molecule has 0 saturated carbocycles. The van der Waals surface area contributed by atoms with Crippen molar-refractivity contribution in [1.29, 1.82) is 0 Å². The number of amides is 2. The number of benzene rings is 2. The third kappa shape index (κ3) is 7.01. The van der Waals surface area contributed by atoms with Gasteiger partial charge in [0.05, 0.1) is 18.8 Å². The van der Waals surface area contributed by atoms with Crippen molar-refractivity contribution >= 4 is 12.0 Å². The smallest absolute Gasteiger partial charge is 0.338 e. The van der Waals surface area contributed by atoms with E-state index in [0.29, 0.717) is 31.9 Å². The van der Waals surface area contributed by atoms with Crippen LogP contribution in [0.25, 0.3) is 0 Å². The van der Waals surface area contributed by atoms with Crippen molar-refractivity contribution in [2.75, 3.05) is 19.8 Å². The second-order valence-electron chi connectivity index (χ2n) is 5.99. The predicted molar refractivity (Wildman–Crippen MR) is 104 cm³/mol. The first kappa shape index (κ1) is 20.3. The lowest BCUT2D eigenvalue weighted by atomic mass is 10.1. The van der Waals surface area contributed by atoms with Crippen LogP contribution in [-0.2, 0) is 11.3 Å². The number of ether oxygens (including phenoxy) is 2. The number of esters is 1. The van der Waals surface area contributed by atoms with Gasteiger partial charge in [0, 0.05) is 13.1 Å². The van der Waals surface area contributed by atoms with Gasteiger partial charge in [-0.2, -0.15) is 0 Å². The molecule has 27 heavy (non-hydrogen) atoms. The molecule has 0 aromatic heterocycles. The molecule has 0 saturated heterocycles. The topological polar surface area (TPSA) is 76.7 Å². The van der Waals surface area contributed by atoms with E-state index in [0.717, 1.165) is 23.3 Å². The van der Waals surface area contributed by atoms with Gasteiger partial charge in [0.2, 0.25) is 0 Å². The number of carbonyl (C=O) groups excluding carboxylic acids is 2. The van der Waals surface area contributed by atoms with Gasteiger partial charge in [-0.25, -0.2) is 9.59 Å². The van der Waals surface area contributed by atoms with Crippen molar-refractivity contribution in [1.82, 2.24) is 10.6 Å². The number of hydrogen-bond acceptors (Lipinski definition) is 4. The van der Waals surface area contributed by atoms with Crippen molar-refractivity contribution in [2.24, 2.45) is 0 Å². The standard InChI is InChI=1S/C21H26N2O4/c1-3-26-20(24)18-11-9-17(10-12-18)15-23-21(25)22-13-6-14-27-19-8-5-4-7-16(19)2/h4-5,7-12H,3,6,13-15H2,1-2H3,(H2,22,23,25). The largest absolute Gasteiger partial charge is 0.493 e. The first-order valence-electron chi connectivity index (χ1n) is 9.06. The molecule has 0 atom stereocenters. The lowest BCUT2D eigenvalue weighted by molar-refractivity contribution is 0.0526. The summed E-state index contributed by atoms with van der Waals surface area (Å²) in [6.45, 7) is 5.57. The molecule has 0 radical (unpaired) electrons. The molecule has 6 heteroatoms. The summed E-state index contributed by atoms with van der Waals surface area (Å²) in [6, 6.07) is 14.6. The summed E-state index contributed by atoms with van der Waals surface area (Å²) in [5, 5.41) is 5.58. The summed E-state index contributed by atoms with van der Waals surface area (Å²) in [5.41, 5.74) is 2.50. The number of carbonyl (C=O) groups is 2. The Morgan fingerprint density at radius 3 is 2.44 bits per heavy atom. The summed E-state index contributed by atoms with van der Waals surface area (Å²) in [7, 11) is 0. The van der Waals surface area contributed by atoms with Crippen molar-refractivity contribution < 1.29 is 19.1 Å². The maximum atomic E-state index is 11.8. The molecule has 2 aromatic carbocycles. The number of nitrogens with one attached hydrogen (secondary N) is 2. The van der Waals surface area contributed by atoms with Crippen LogP contribution in [0.15, 0.2) is 48.5 Å². The van der Waals surface area contributed by atoms with Gasteiger partial charge >= 0.3 is 12.0 Å². The second kappa shape index (κ2) is 10.9. The molecule has 2 N–H and O–H groups in total. The molecule has 0 fully saturated rings. The van der Waals surface area contributed by atoms with Gasteiger partial charge in [-0.3, -0.25) is 0 Å². The normalized spacial score (nSPS) is 10.1. The van der Waals surface area contributed by atoms with Crippen LogP contribution in [0.2, 0.25) is 0 Å². The van der Waals surface area contributed by atoms with Gasteiger partial charge in [-0.1, -0.05) is 30.3 Å². The first-order chi connectivity index (χ1) is 13.1. The van der Waals surface area contributed by atoms with Crippen LogP contribution in [0.4, 0.5) is 4.79 Å². The van der Waals surface area contributed by atoms with Gasteiger partial charge in [-0.05, 0) is 49.6 Å². The molecule has 0 spiro atoms. The molecule has 0 heterocycles. The number of aryl methyl sites for hydroxylation is 1. The fourth-order valence-electron chi connectivity index (χ4n) is 2.39. The Kier molecular flexibility index (Phi) is 8.16. The van der Waals surface area contributed by atoms with Gasteiger partial charge < -0.3 is 20.1 Å². The van der Waals surface area contributed by atoms with Crippen LogP contribution in [0.3, 0.4) is 0 Å². The summed E-state index contributed by atoms with van der Waals surface area (Å²) < 4.78 is 10.6. The van der Waals surface area contributed by atoms with Crippen molar-refractivity contribution in [2.45, 2.75) is 26.8 Å². The number of urea groups is 1. The Bertz CT molecular complexity index is 744. The molecule has 0 aliphatic heterocycles. The minimum absolute atomic E-state index is 0.236. The first-order valence-corrected chi connectivity index (χ1v) is 9.06. The maximum Gasteiger partial charge on any atom is 0.338 e. The molecule has 144 valence electrons. The minimum Gasteiger partial charge on any atom is -0.493 e. The van der Waals surface area contributed by atoms with E-state index in [9.17, 15) is 9.59 Å². The fourth-order valence-corrected chi connectivity index (χ4v) is 2.39. The lowest BCUT2D eigenvalue weighted by Crippen LogP contribution is -2.36. The molecular formula is C21H26N2O4. The summed E-state index contributed by atoms with van der Waals surface area (Å²) in [4.78, 5) is 23.4. The number of rotatable bonds is 9. The highest BCUT2D eigenvalue weighted by Gasteiger charge is 2.06. The molecule has 0 bridgehead atoms. The Morgan fingerprint density at radius 2 is 1.74 bits per heavy atom. The predicted octanol–water partition coefficient (Wildman–Crippen LogP) is 3.44. The molecule has 6 nitrogen and oxygen atoms in total. The summed E-state index contributed by atoms with van der Waals surface area (Å²) in [6.07, 6.45) is 0.718. The number of para-hydroxylation sites is 1. The Hall–Kier alpha value is -3.02.